The van der Waals surface area contributed by atoms with Gasteiger partial charge in [0.05, 0.1) is 12.8 Å². The molecular weight excluding hydrogens is 359 g/mol. The Morgan fingerprint density at radius 3 is 2.36 bits per heavy atom. The number of hydrogen-bond donors (Lipinski definition) is 2. The Hall–Kier alpha value is -2.50. The summed E-state index contributed by atoms with van der Waals surface area (Å²) in [6.45, 7) is 1.89. The summed E-state index contributed by atoms with van der Waals surface area (Å²) in [5.41, 5.74) is 2.34. The van der Waals surface area contributed by atoms with E-state index in [0.717, 1.165) is 17.1 Å². The van der Waals surface area contributed by atoms with Crippen molar-refractivity contribution in [3.63, 3.8) is 0 Å². The molecule has 0 saturated carbocycles. The van der Waals surface area contributed by atoms with Crippen molar-refractivity contribution in [2.24, 2.45) is 0 Å². The quantitative estimate of drug-likeness (QED) is 0.609. The Bertz CT molecular complexity index is 882. The largest absolute Gasteiger partial charge is 0.495 e. The van der Waals surface area contributed by atoms with Gasteiger partial charge < -0.3 is 15.4 Å². The molecule has 0 atom stereocenters. The topological polar surface area (TPSA) is 59.1 Å². The highest BCUT2D eigenvalue weighted by molar-refractivity contribution is 6.35. The van der Waals surface area contributed by atoms with Gasteiger partial charge in [0.2, 0.25) is 5.95 Å². The Balaban J connectivity index is 1.87. The highest BCUT2D eigenvalue weighted by Crippen LogP contribution is 2.28. The van der Waals surface area contributed by atoms with Crippen LogP contribution < -0.4 is 15.4 Å². The normalized spacial score (nSPS) is 10.4. The lowest BCUT2D eigenvalue weighted by molar-refractivity contribution is 0.417. The zero-order chi connectivity index (χ0) is 17.8. The van der Waals surface area contributed by atoms with Crippen molar-refractivity contribution >= 4 is 46.3 Å². The standard InChI is InChI=1S/C18H16Cl2N4O/c1-11-7-17(23-15-5-3-4-6-16(15)25-2)24-18(21-11)22-14-9-12(19)8-13(20)10-14/h3-10H,1-2H3,(H2,21,22,23,24). The molecule has 7 heteroatoms. The van der Waals surface area contributed by atoms with E-state index >= 15 is 0 Å². The van der Waals surface area contributed by atoms with Crippen molar-refractivity contribution in [2.75, 3.05) is 17.7 Å². The van der Waals surface area contributed by atoms with E-state index in [-0.39, 0.29) is 0 Å². The number of rotatable bonds is 5. The van der Waals surface area contributed by atoms with Crippen LogP contribution in [0.3, 0.4) is 0 Å². The SMILES string of the molecule is COc1ccccc1Nc1cc(C)nc(Nc2cc(Cl)cc(Cl)c2)n1. The number of benzene rings is 2. The van der Waals surface area contributed by atoms with E-state index in [1.54, 1.807) is 25.3 Å². The number of hydrogen-bond acceptors (Lipinski definition) is 5. The fourth-order valence-corrected chi connectivity index (χ4v) is 2.86. The summed E-state index contributed by atoms with van der Waals surface area (Å²) < 4.78 is 5.35. The van der Waals surface area contributed by atoms with Crippen molar-refractivity contribution in [3.05, 3.63) is 64.3 Å². The number of aromatic nitrogens is 2. The minimum absolute atomic E-state index is 0.440. The molecule has 0 aliphatic carbocycles. The van der Waals surface area contributed by atoms with Gasteiger partial charge in [0.15, 0.2) is 0 Å². The van der Waals surface area contributed by atoms with Crippen LogP contribution in [0.5, 0.6) is 5.75 Å². The summed E-state index contributed by atoms with van der Waals surface area (Å²) in [6, 6.07) is 14.7. The molecule has 5 nitrogen and oxygen atoms in total. The van der Waals surface area contributed by atoms with Gasteiger partial charge in [-0.15, -0.1) is 0 Å². The lowest BCUT2D eigenvalue weighted by Crippen LogP contribution is -2.03. The van der Waals surface area contributed by atoms with E-state index in [0.29, 0.717) is 27.5 Å². The maximum absolute atomic E-state index is 6.03. The van der Waals surface area contributed by atoms with Gasteiger partial charge in [-0.1, -0.05) is 35.3 Å². The molecule has 0 saturated heterocycles. The molecule has 2 N–H and O–H groups in total. The van der Waals surface area contributed by atoms with E-state index in [1.165, 1.54) is 0 Å². The number of nitrogens with zero attached hydrogens (tertiary/aromatic N) is 2. The van der Waals surface area contributed by atoms with Gasteiger partial charge in [-0.25, -0.2) is 4.98 Å². The fourth-order valence-electron chi connectivity index (χ4n) is 2.33. The van der Waals surface area contributed by atoms with Crippen molar-refractivity contribution in [1.82, 2.24) is 9.97 Å². The first kappa shape index (κ1) is 17.3. The fraction of sp³-hybridized carbons (Fsp3) is 0.111. The summed E-state index contributed by atoms with van der Waals surface area (Å²) in [7, 11) is 1.63. The molecular formula is C18H16Cl2N4O. The minimum atomic E-state index is 0.440. The van der Waals surface area contributed by atoms with Crippen molar-refractivity contribution in [1.29, 1.82) is 0 Å². The van der Waals surface area contributed by atoms with Gasteiger partial charge in [0, 0.05) is 27.5 Å². The average Bonchev–Trinajstić information content (AvgIpc) is 2.53. The molecule has 3 aromatic rings. The second kappa shape index (κ2) is 7.59. The second-order valence-corrected chi connectivity index (χ2v) is 6.20. The van der Waals surface area contributed by atoms with Crippen LogP contribution in [0.2, 0.25) is 10.0 Å². The van der Waals surface area contributed by atoms with Gasteiger partial charge in [-0.3, -0.25) is 0 Å². The van der Waals surface area contributed by atoms with Crippen LogP contribution in [0, 0.1) is 6.92 Å². The first-order valence-electron chi connectivity index (χ1n) is 7.52. The maximum Gasteiger partial charge on any atom is 0.229 e. The first-order chi connectivity index (χ1) is 12.0. The number of halogens is 2. The molecule has 128 valence electrons. The Labute approximate surface area is 156 Å². The van der Waals surface area contributed by atoms with Crippen LogP contribution in [0.25, 0.3) is 0 Å². The summed E-state index contributed by atoms with van der Waals surface area (Å²) in [5, 5.41) is 7.44. The predicted molar refractivity (Wildman–Crippen MR) is 103 cm³/mol. The zero-order valence-corrected chi connectivity index (χ0v) is 15.2. The van der Waals surface area contributed by atoms with Gasteiger partial charge in [-0.05, 0) is 37.3 Å². The molecule has 0 bridgehead atoms. The third-order valence-corrected chi connectivity index (χ3v) is 3.78. The van der Waals surface area contributed by atoms with E-state index < -0.39 is 0 Å². The van der Waals surface area contributed by atoms with Crippen LogP contribution >= 0.6 is 23.2 Å². The summed E-state index contributed by atoms with van der Waals surface area (Å²) in [4.78, 5) is 8.88. The minimum Gasteiger partial charge on any atom is -0.495 e. The van der Waals surface area contributed by atoms with Gasteiger partial charge in [0.1, 0.15) is 11.6 Å². The lowest BCUT2D eigenvalue weighted by atomic mass is 10.3. The number of anilines is 4. The highest BCUT2D eigenvalue weighted by Gasteiger charge is 2.07. The third kappa shape index (κ3) is 4.53. The molecule has 1 aromatic heterocycles. The zero-order valence-electron chi connectivity index (χ0n) is 13.7. The number of para-hydroxylation sites is 2. The molecule has 0 amide bonds. The molecule has 0 fully saturated rings. The van der Waals surface area contributed by atoms with Gasteiger partial charge >= 0.3 is 0 Å². The molecule has 3 rings (SSSR count). The van der Waals surface area contributed by atoms with Gasteiger partial charge in [-0.2, -0.15) is 4.98 Å². The van der Waals surface area contributed by atoms with Crippen molar-refractivity contribution in [3.8, 4) is 5.75 Å². The number of ether oxygens (including phenoxy) is 1. The number of nitrogens with one attached hydrogen (secondary N) is 2. The molecule has 25 heavy (non-hydrogen) atoms. The van der Waals surface area contributed by atoms with Crippen LogP contribution in [0.15, 0.2) is 48.5 Å². The monoisotopic (exact) mass is 374 g/mol. The average molecular weight is 375 g/mol. The molecule has 0 aliphatic heterocycles. The van der Waals surface area contributed by atoms with Crippen LogP contribution in [0.4, 0.5) is 23.1 Å². The Morgan fingerprint density at radius 1 is 0.920 bits per heavy atom. The summed E-state index contributed by atoms with van der Waals surface area (Å²) in [6.07, 6.45) is 0. The molecule has 0 aliphatic rings. The molecule has 0 spiro atoms. The van der Waals surface area contributed by atoms with E-state index in [4.69, 9.17) is 27.9 Å². The van der Waals surface area contributed by atoms with Crippen molar-refractivity contribution < 1.29 is 4.74 Å². The third-order valence-electron chi connectivity index (χ3n) is 3.34. The Kier molecular flexibility index (Phi) is 5.26. The summed E-state index contributed by atoms with van der Waals surface area (Å²) >= 11 is 12.1. The molecule has 2 aromatic carbocycles. The number of methoxy groups -OCH3 is 1. The second-order valence-electron chi connectivity index (χ2n) is 5.33. The van der Waals surface area contributed by atoms with E-state index in [9.17, 15) is 0 Å². The predicted octanol–water partition coefficient (Wildman–Crippen LogP) is 5.59. The highest BCUT2D eigenvalue weighted by atomic mass is 35.5. The van der Waals surface area contributed by atoms with Crippen LogP contribution in [-0.4, -0.2) is 17.1 Å². The smallest absolute Gasteiger partial charge is 0.229 e. The summed E-state index contributed by atoms with van der Waals surface area (Å²) in [5.74, 6) is 1.82. The lowest BCUT2D eigenvalue weighted by Gasteiger charge is -2.12. The van der Waals surface area contributed by atoms with Crippen LogP contribution in [-0.2, 0) is 0 Å². The van der Waals surface area contributed by atoms with Gasteiger partial charge in [0.25, 0.3) is 0 Å². The van der Waals surface area contributed by atoms with E-state index in [1.807, 2.05) is 37.3 Å². The van der Waals surface area contributed by atoms with Crippen molar-refractivity contribution in [2.45, 2.75) is 6.92 Å². The molecule has 0 radical (unpaired) electrons. The number of aryl methyl sites for hydroxylation is 1. The Morgan fingerprint density at radius 2 is 1.64 bits per heavy atom. The van der Waals surface area contributed by atoms with E-state index in [2.05, 4.69) is 20.6 Å². The first-order valence-corrected chi connectivity index (χ1v) is 8.28. The maximum atomic E-state index is 6.03. The van der Waals surface area contributed by atoms with Crippen LogP contribution in [0.1, 0.15) is 5.69 Å². The molecule has 0 unspecified atom stereocenters. The molecule has 1 heterocycles.